The van der Waals surface area contributed by atoms with Gasteiger partial charge in [0, 0.05) is 18.5 Å². The molecule has 1 aromatic carbocycles. The lowest BCUT2D eigenvalue weighted by Gasteiger charge is -2.28. The fourth-order valence-electron chi connectivity index (χ4n) is 4.23. The first-order valence-corrected chi connectivity index (χ1v) is 12.2. The van der Waals surface area contributed by atoms with Crippen molar-refractivity contribution in [2.75, 3.05) is 28.4 Å². The Morgan fingerprint density at radius 1 is 1.00 bits per heavy atom. The van der Waals surface area contributed by atoms with Crippen LogP contribution in [0.4, 0.5) is 0 Å². The molecule has 1 atom stereocenters. The smallest absolute Gasteiger partial charge is 0.335 e. The molecule has 0 bridgehead atoms. The Morgan fingerprint density at radius 3 is 2.21 bits per heavy atom. The van der Waals surface area contributed by atoms with Crippen molar-refractivity contribution in [3.05, 3.63) is 35.4 Å². The van der Waals surface area contributed by atoms with E-state index in [2.05, 4.69) is 31.3 Å². The minimum Gasteiger partial charge on any atom is -0.493 e. The summed E-state index contributed by atoms with van der Waals surface area (Å²) >= 11 is 0. The molecule has 0 aliphatic carbocycles. The number of fused-ring (bicyclic) bond motifs is 1. The van der Waals surface area contributed by atoms with E-state index in [0.717, 1.165) is 34.2 Å². The van der Waals surface area contributed by atoms with Gasteiger partial charge >= 0.3 is 23.9 Å². The standard InChI is InChI=1S/C27H35NO10/c1-16(2)11-9-7-8-10-12-20(29)28-15-17-13-18-22(19(14-17)34-3)38-26(33)27(18,25(32)37-6)21(23(30)35-4)24(31)36-5/h9,11,13-14,16,21H,7-8,10,12,15H2,1-6H3,(H,28,29)/b11-9+. The van der Waals surface area contributed by atoms with E-state index < -0.39 is 35.2 Å². The molecule has 11 heteroatoms. The Morgan fingerprint density at radius 2 is 1.66 bits per heavy atom. The summed E-state index contributed by atoms with van der Waals surface area (Å²) in [5.74, 6) is -6.73. The summed E-state index contributed by atoms with van der Waals surface area (Å²) in [5, 5.41) is 2.79. The predicted octanol–water partition coefficient (Wildman–Crippen LogP) is 2.38. The van der Waals surface area contributed by atoms with E-state index in [-0.39, 0.29) is 29.5 Å². The van der Waals surface area contributed by atoms with E-state index in [1.165, 1.54) is 19.2 Å². The van der Waals surface area contributed by atoms with Crippen molar-refractivity contribution in [2.24, 2.45) is 11.8 Å². The summed E-state index contributed by atoms with van der Waals surface area (Å²) in [6.45, 7) is 4.21. The molecular formula is C27H35NO10. The zero-order valence-corrected chi connectivity index (χ0v) is 22.6. The first kappa shape index (κ1) is 30.3. The van der Waals surface area contributed by atoms with E-state index in [1.807, 2.05) is 0 Å². The molecule has 1 unspecified atom stereocenters. The quantitative estimate of drug-likeness (QED) is 0.100. The first-order chi connectivity index (χ1) is 18.1. The summed E-state index contributed by atoms with van der Waals surface area (Å²) in [4.78, 5) is 64.2. The van der Waals surface area contributed by atoms with Gasteiger partial charge in [-0.3, -0.25) is 19.2 Å². The van der Waals surface area contributed by atoms with Gasteiger partial charge in [0.25, 0.3) is 0 Å². The topological polar surface area (TPSA) is 144 Å². The van der Waals surface area contributed by atoms with Crippen molar-refractivity contribution < 1.29 is 47.7 Å². The van der Waals surface area contributed by atoms with Crippen molar-refractivity contribution in [1.29, 1.82) is 0 Å². The van der Waals surface area contributed by atoms with Crippen molar-refractivity contribution in [2.45, 2.75) is 51.5 Å². The minimum atomic E-state index is -2.55. The molecule has 208 valence electrons. The van der Waals surface area contributed by atoms with Crippen LogP contribution in [0.5, 0.6) is 11.5 Å². The van der Waals surface area contributed by atoms with E-state index in [0.29, 0.717) is 24.3 Å². The Balaban J connectivity index is 2.39. The third-order valence-corrected chi connectivity index (χ3v) is 6.13. The molecule has 1 aliphatic heterocycles. The van der Waals surface area contributed by atoms with Crippen LogP contribution in [0.25, 0.3) is 0 Å². The fourth-order valence-corrected chi connectivity index (χ4v) is 4.23. The average Bonchev–Trinajstić information content (AvgIpc) is 3.20. The fraction of sp³-hybridized carbons (Fsp3) is 0.519. The van der Waals surface area contributed by atoms with Gasteiger partial charge < -0.3 is 29.0 Å². The third kappa shape index (κ3) is 6.32. The lowest BCUT2D eigenvalue weighted by molar-refractivity contribution is -0.175. The Bertz CT molecular complexity index is 1080. The number of unbranched alkanes of at least 4 members (excludes halogenated alkanes) is 2. The molecule has 0 spiro atoms. The van der Waals surface area contributed by atoms with Crippen molar-refractivity contribution in [3.63, 3.8) is 0 Å². The van der Waals surface area contributed by atoms with Gasteiger partial charge in [-0.05, 0) is 42.9 Å². The number of benzene rings is 1. The molecule has 1 heterocycles. The molecule has 0 saturated carbocycles. The monoisotopic (exact) mass is 533 g/mol. The molecule has 1 N–H and O–H groups in total. The van der Waals surface area contributed by atoms with Crippen LogP contribution in [-0.4, -0.2) is 58.2 Å². The van der Waals surface area contributed by atoms with Crippen molar-refractivity contribution in [1.82, 2.24) is 5.32 Å². The van der Waals surface area contributed by atoms with Gasteiger partial charge in [-0.1, -0.05) is 26.0 Å². The Kier molecular flexibility index (Phi) is 10.9. The summed E-state index contributed by atoms with van der Waals surface area (Å²) in [6.07, 6.45) is 7.00. The SMILES string of the molecule is COC(=O)C(C(=O)OC)C1(C(=O)OC)C(=O)Oc2c(OC)cc(CNC(=O)CCCC/C=C/C(C)C)cc21. The van der Waals surface area contributed by atoms with Crippen LogP contribution in [0, 0.1) is 11.8 Å². The number of carbonyl (C=O) groups is 5. The number of amides is 1. The third-order valence-electron chi connectivity index (χ3n) is 6.13. The van der Waals surface area contributed by atoms with Gasteiger partial charge in [0.15, 0.2) is 17.4 Å². The second kappa shape index (κ2) is 13.6. The van der Waals surface area contributed by atoms with Gasteiger partial charge in [0.1, 0.15) is 0 Å². The molecule has 0 saturated heterocycles. The summed E-state index contributed by atoms with van der Waals surface area (Å²) in [7, 11) is 4.31. The van der Waals surface area contributed by atoms with Gasteiger partial charge in [-0.15, -0.1) is 0 Å². The molecule has 0 fully saturated rings. The number of nitrogens with one attached hydrogen (secondary N) is 1. The molecule has 1 aromatic rings. The van der Waals surface area contributed by atoms with Crippen LogP contribution in [0.1, 0.15) is 50.7 Å². The second-order valence-corrected chi connectivity index (χ2v) is 9.04. The number of carbonyl (C=O) groups excluding carboxylic acids is 5. The highest BCUT2D eigenvalue weighted by Gasteiger charge is 2.68. The largest absolute Gasteiger partial charge is 0.493 e. The van der Waals surface area contributed by atoms with Gasteiger partial charge in [0.05, 0.1) is 28.4 Å². The number of methoxy groups -OCH3 is 4. The Hall–Kier alpha value is -3.89. The lowest BCUT2D eigenvalue weighted by atomic mass is 9.70. The number of hydrogen-bond donors (Lipinski definition) is 1. The van der Waals surface area contributed by atoms with Crippen LogP contribution in [0.15, 0.2) is 24.3 Å². The van der Waals surface area contributed by atoms with E-state index in [4.69, 9.17) is 23.7 Å². The molecule has 1 amide bonds. The lowest BCUT2D eigenvalue weighted by Crippen LogP contribution is -2.55. The van der Waals surface area contributed by atoms with Crippen molar-refractivity contribution >= 4 is 29.8 Å². The van der Waals surface area contributed by atoms with Crippen LogP contribution in [0.3, 0.4) is 0 Å². The highest BCUT2D eigenvalue weighted by atomic mass is 16.6. The number of esters is 4. The van der Waals surface area contributed by atoms with Gasteiger partial charge in [0.2, 0.25) is 11.3 Å². The zero-order chi connectivity index (χ0) is 28.5. The van der Waals surface area contributed by atoms with Gasteiger partial charge in [-0.2, -0.15) is 0 Å². The van der Waals surface area contributed by atoms with Crippen LogP contribution < -0.4 is 14.8 Å². The van der Waals surface area contributed by atoms with E-state index >= 15 is 0 Å². The number of ether oxygens (including phenoxy) is 5. The van der Waals surface area contributed by atoms with E-state index in [9.17, 15) is 24.0 Å². The maximum atomic E-state index is 13.2. The van der Waals surface area contributed by atoms with Crippen LogP contribution >= 0.6 is 0 Å². The highest BCUT2D eigenvalue weighted by Crippen LogP contribution is 2.51. The maximum absolute atomic E-state index is 13.2. The van der Waals surface area contributed by atoms with Crippen LogP contribution in [-0.2, 0) is 50.1 Å². The molecule has 2 rings (SSSR count). The summed E-state index contributed by atoms with van der Waals surface area (Å²) < 4.78 is 25.0. The number of allylic oxidation sites excluding steroid dienone is 2. The van der Waals surface area contributed by atoms with Gasteiger partial charge in [-0.25, -0.2) is 4.79 Å². The number of hydrogen-bond acceptors (Lipinski definition) is 10. The molecular weight excluding hydrogens is 498 g/mol. The van der Waals surface area contributed by atoms with Crippen LogP contribution in [0.2, 0.25) is 0 Å². The molecule has 1 aliphatic rings. The summed E-state index contributed by atoms with van der Waals surface area (Å²) in [5.41, 5.74) is -2.27. The minimum absolute atomic E-state index is 0.0162. The average molecular weight is 534 g/mol. The maximum Gasteiger partial charge on any atom is 0.335 e. The number of rotatable bonds is 13. The van der Waals surface area contributed by atoms with E-state index in [1.54, 1.807) is 0 Å². The van der Waals surface area contributed by atoms with Crippen molar-refractivity contribution in [3.8, 4) is 11.5 Å². The Labute approximate surface area is 221 Å². The predicted molar refractivity (Wildman–Crippen MR) is 134 cm³/mol. The summed E-state index contributed by atoms with van der Waals surface area (Å²) in [6, 6.07) is 2.90. The molecule has 0 aromatic heterocycles. The molecule has 38 heavy (non-hydrogen) atoms. The molecule has 11 nitrogen and oxygen atoms in total. The highest BCUT2D eigenvalue weighted by molar-refractivity contribution is 6.18. The first-order valence-electron chi connectivity index (χ1n) is 12.2. The normalized spacial score (nSPS) is 16.3. The second-order valence-electron chi connectivity index (χ2n) is 9.04. The molecule has 0 radical (unpaired) electrons. The zero-order valence-electron chi connectivity index (χ0n) is 22.6.